The molecule has 0 aliphatic carbocycles. The highest BCUT2D eigenvalue weighted by Gasteiger charge is 2.39. The molecule has 0 spiro atoms. The molecule has 162 valence electrons. The minimum atomic E-state index is -0.783. The second-order valence-electron chi connectivity index (χ2n) is 7.61. The van der Waals surface area contributed by atoms with Gasteiger partial charge in [0.2, 0.25) is 5.56 Å². The fourth-order valence-electron chi connectivity index (χ4n) is 3.89. The monoisotopic (exact) mass is 419 g/mol. The van der Waals surface area contributed by atoms with Crippen LogP contribution in [0.2, 0.25) is 0 Å². The Bertz CT molecular complexity index is 1130. The van der Waals surface area contributed by atoms with E-state index in [0.29, 0.717) is 25.2 Å². The van der Waals surface area contributed by atoms with Crippen molar-refractivity contribution in [3.63, 3.8) is 0 Å². The summed E-state index contributed by atoms with van der Waals surface area (Å²) in [5, 5.41) is 0.944. The lowest BCUT2D eigenvalue weighted by molar-refractivity contribution is -0.150. The highest BCUT2D eigenvalue weighted by atomic mass is 16.5. The summed E-state index contributed by atoms with van der Waals surface area (Å²) in [6.07, 6.45) is 2.63. The number of carbonyl (C=O) groups is 1. The van der Waals surface area contributed by atoms with Gasteiger partial charge in [-0.05, 0) is 73.5 Å². The number of allylic oxidation sites excluding steroid dienone is 1. The number of aromatic nitrogens is 1. The molecule has 3 aromatic rings. The van der Waals surface area contributed by atoms with Crippen molar-refractivity contribution < 1.29 is 14.3 Å². The molecule has 31 heavy (non-hydrogen) atoms. The van der Waals surface area contributed by atoms with Crippen molar-refractivity contribution in [2.24, 2.45) is 0 Å². The Balaban J connectivity index is 1.90. The van der Waals surface area contributed by atoms with E-state index in [1.54, 1.807) is 12.1 Å². The zero-order valence-electron chi connectivity index (χ0n) is 18.3. The van der Waals surface area contributed by atoms with E-state index in [0.717, 1.165) is 22.0 Å². The molecule has 0 aliphatic rings. The van der Waals surface area contributed by atoms with Gasteiger partial charge in [0.15, 0.2) is 0 Å². The molecule has 0 bridgehead atoms. The predicted octanol–water partition coefficient (Wildman–Crippen LogP) is 5.46. The molecule has 0 amide bonds. The van der Waals surface area contributed by atoms with Crippen LogP contribution in [-0.2, 0) is 14.9 Å². The van der Waals surface area contributed by atoms with Crippen LogP contribution in [0.25, 0.3) is 10.9 Å². The second-order valence-corrected chi connectivity index (χ2v) is 7.61. The molecule has 0 saturated carbocycles. The van der Waals surface area contributed by atoms with Crippen LogP contribution in [0.1, 0.15) is 50.8 Å². The number of hydrogen-bond acceptors (Lipinski definition) is 4. The van der Waals surface area contributed by atoms with E-state index in [-0.39, 0.29) is 17.6 Å². The molecule has 2 atom stereocenters. The summed E-state index contributed by atoms with van der Waals surface area (Å²) in [6, 6.07) is 16.8. The highest BCUT2D eigenvalue weighted by molar-refractivity contribution is 5.83. The fourth-order valence-corrected chi connectivity index (χ4v) is 3.89. The van der Waals surface area contributed by atoms with E-state index in [9.17, 15) is 9.59 Å². The number of fused-ring (bicyclic) bond motifs is 1. The average molecular weight is 420 g/mol. The average Bonchev–Trinajstić information content (AvgIpc) is 2.77. The van der Waals surface area contributed by atoms with Crippen molar-refractivity contribution in [1.82, 2.24) is 4.98 Å². The lowest BCUT2D eigenvalue weighted by atomic mass is 9.75. The van der Waals surface area contributed by atoms with Gasteiger partial charge >= 0.3 is 5.97 Å². The number of hydrogen-bond donors (Lipinski definition) is 1. The quantitative estimate of drug-likeness (QED) is 0.370. The van der Waals surface area contributed by atoms with Crippen LogP contribution in [0.15, 0.2) is 72.0 Å². The molecule has 5 nitrogen and oxygen atoms in total. The molecule has 1 N–H and O–H groups in total. The number of nitrogens with one attached hydrogen (secondary N) is 1. The zero-order valence-corrected chi connectivity index (χ0v) is 18.3. The van der Waals surface area contributed by atoms with Crippen LogP contribution in [0.5, 0.6) is 5.75 Å². The van der Waals surface area contributed by atoms with Crippen molar-refractivity contribution >= 4 is 16.9 Å². The third kappa shape index (κ3) is 4.71. The minimum absolute atomic E-state index is 0.123. The van der Waals surface area contributed by atoms with Crippen molar-refractivity contribution in [2.75, 3.05) is 6.61 Å². The standard InChI is InChI=1S/C26H29NO4/c1-5-15-26(6-2,25(29)30-7-3)21-9-8-10-22(17-21)31-18(4)19-11-13-23-20(16-19)12-14-24(28)27-23/h5,8-14,16-18H,1,6-7,15H2,2-4H3,(H,27,28). The summed E-state index contributed by atoms with van der Waals surface area (Å²) in [5.74, 6) is 0.434. The smallest absolute Gasteiger partial charge is 0.316 e. The lowest BCUT2D eigenvalue weighted by Gasteiger charge is -2.30. The summed E-state index contributed by atoms with van der Waals surface area (Å²) in [7, 11) is 0. The Morgan fingerprint density at radius 3 is 2.68 bits per heavy atom. The summed E-state index contributed by atoms with van der Waals surface area (Å²) >= 11 is 0. The van der Waals surface area contributed by atoms with Gasteiger partial charge in [-0.2, -0.15) is 0 Å². The Morgan fingerprint density at radius 1 is 1.16 bits per heavy atom. The van der Waals surface area contributed by atoms with Crippen LogP contribution in [0, 0.1) is 0 Å². The Kier molecular flexibility index (Phi) is 6.95. The fraction of sp³-hybridized carbons (Fsp3) is 0.308. The topological polar surface area (TPSA) is 68.4 Å². The van der Waals surface area contributed by atoms with Gasteiger partial charge in [0.05, 0.1) is 12.0 Å². The van der Waals surface area contributed by atoms with Crippen molar-refractivity contribution in [3.05, 3.63) is 88.7 Å². The lowest BCUT2D eigenvalue weighted by Crippen LogP contribution is -2.36. The first kappa shape index (κ1) is 22.3. The number of aromatic amines is 1. The van der Waals surface area contributed by atoms with Gasteiger partial charge in [0.25, 0.3) is 0 Å². The van der Waals surface area contributed by atoms with Gasteiger partial charge in [-0.1, -0.05) is 31.2 Å². The number of benzene rings is 2. The van der Waals surface area contributed by atoms with E-state index in [1.165, 1.54) is 6.07 Å². The van der Waals surface area contributed by atoms with Crippen molar-refractivity contribution in [1.29, 1.82) is 0 Å². The molecule has 1 aromatic heterocycles. The number of H-pyrrole nitrogens is 1. The highest BCUT2D eigenvalue weighted by Crippen LogP contribution is 2.36. The van der Waals surface area contributed by atoms with E-state index >= 15 is 0 Å². The normalized spacial score (nSPS) is 13.9. The molecule has 2 unspecified atom stereocenters. The largest absolute Gasteiger partial charge is 0.486 e. The summed E-state index contributed by atoms with van der Waals surface area (Å²) < 4.78 is 11.6. The molecule has 0 radical (unpaired) electrons. The molecule has 2 aromatic carbocycles. The van der Waals surface area contributed by atoms with Gasteiger partial charge in [0.1, 0.15) is 11.9 Å². The Labute approximate surface area is 182 Å². The van der Waals surface area contributed by atoms with Crippen LogP contribution in [-0.4, -0.2) is 17.6 Å². The molecule has 0 saturated heterocycles. The van der Waals surface area contributed by atoms with Crippen molar-refractivity contribution in [2.45, 2.75) is 45.1 Å². The maximum absolute atomic E-state index is 12.9. The number of ether oxygens (including phenoxy) is 2. The number of carbonyl (C=O) groups excluding carboxylic acids is 1. The third-order valence-corrected chi connectivity index (χ3v) is 5.68. The van der Waals surface area contributed by atoms with Crippen molar-refractivity contribution in [3.8, 4) is 5.75 Å². The van der Waals surface area contributed by atoms with E-state index < -0.39 is 5.41 Å². The number of esters is 1. The van der Waals surface area contributed by atoms with Crippen LogP contribution < -0.4 is 10.3 Å². The minimum Gasteiger partial charge on any atom is -0.486 e. The first-order valence-corrected chi connectivity index (χ1v) is 10.6. The Hall–Kier alpha value is -3.34. The molecule has 5 heteroatoms. The summed E-state index contributed by atoms with van der Waals surface area (Å²) in [5.41, 5.74) is 1.73. The van der Waals surface area contributed by atoms with Gasteiger partial charge in [0, 0.05) is 11.6 Å². The maximum atomic E-state index is 12.9. The van der Waals surface area contributed by atoms with Crippen LogP contribution in [0.3, 0.4) is 0 Å². The molecule has 0 aliphatic heterocycles. The van der Waals surface area contributed by atoms with Gasteiger partial charge in [-0.25, -0.2) is 0 Å². The zero-order chi connectivity index (χ0) is 22.4. The first-order valence-electron chi connectivity index (χ1n) is 10.6. The third-order valence-electron chi connectivity index (χ3n) is 5.68. The summed E-state index contributed by atoms with van der Waals surface area (Å²) in [4.78, 5) is 27.2. The number of rotatable bonds is 9. The summed E-state index contributed by atoms with van der Waals surface area (Å²) in [6.45, 7) is 9.94. The van der Waals surface area contributed by atoms with E-state index in [1.807, 2.05) is 63.2 Å². The predicted molar refractivity (Wildman–Crippen MR) is 123 cm³/mol. The van der Waals surface area contributed by atoms with Crippen LogP contribution in [0.4, 0.5) is 0 Å². The Morgan fingerprint density at radius 2 is 1.97 bits per heavy atom. The molecule has 0 fully saturated rings. The first-order chi connectivity index (χ1) is 14.9. The van der Waals surface area contributed by atoms with Crippen LogP contribution >= 0.6 is 0 Å². The molecule has 1 heterocycles. The maximum Gasteiger partial charge on any atom is 0.316 e. The van der Waals surface area contributed by atoms with Gasteiger partial charge in [-0.15, -0.1) is 6.58 Å². The SMILES string of the molecule is C=CCC(CC)(C(=O)OCC)c1cccc(OC(C)c2ccc3[nH]c(=O)ccc3c2)c1. The van der Waals surface area contributed by atoms with Gasteiger partial charge < -0.3 is 14.5 Å². The molecular weight excluding hydrogens is 390 g/mol. The molecular formula is C26H29NO4. The van der Waals surface area contributed by atoms with E-state index in [4.69, 9.17) is 9.47 Å². The molecule has 3 rings (SSSR count). The second kappa shape index (κ2) is 9.65. The van der Waals surface area contributed by atoms with E-state index in [2.05, 4.69) is 11.6 Å². The van der Waals surface area contributed by atoms with Gasteiger partial charge in [-0.3, -0.25) is 9.59 Å². The number of pyridine rings is 1.